The van der Waals surface area contributed by atoms with Crippen LogP contribution in [-0.4, -0.2) is 16.9 Å². The summed E-state index contributed by atoms with van der Waals surface area (Å²) in [4.78, 5) is 23.9. The van der Waals surface area contributed by atoms with Gasteiger partial charge in [-0.3, -0.25) is 9.59 Å². The maximum absolute atomic E-state index is 12.7. The zero-order valence-corrected chi connectivity index (χ0v) is 11.6. The predicted octanol–water partition coefficient (Wildman–Crippen LogP) is 3.17. The van der Waals surface area contributed by atoms with Crippen molar-refractivity contribution >= 4 is 23.4 Å². The molecule has 1 atom stereocenters. The van der Waals surface area contributed by atoms with Crippen molar-refractivity contribution < 1.29 is 19.4 Å². The first-order chi connectivity index (χ1) is 10.1. The molecule has 21 heavy (non-hydrogen) atoms. The molecule has 0 bridgehead atoms. The van der Waals surface area contributed by atoms with Crippen molar-refractivity contribution in [3.05, 3.63) is 64.7 Å². The molecule has 0 radical (unpaired) electrons. The molecule has 1 aliphatic rings. The van der Waals surface area contributed by atoms with E-state index in [0.717, 1.165) is 5.56 Å². The van der Waals surface area contributed by atoms with Crippen LogP contribution in [0.4, 0.5) is 0 Å². The number of hydrogen-bond acceptors (Lipinski definition) is 3. The molecule has 0 spiro atoms. The number of aliphatic carboxylic acids is 1. The number of ketones is 1. The summed E-state index contributed by atoms with van der Waals surface area (Å²) in [7, 11) is 0. The van der Waals surface area contributed by atoms with E-state index < -0.39 is 11.3 Å². The number of ether oxygens (including phenoxy) is 1. The van der Waals surface area contributed by atoms with Gasteiger partial charge in [0.25, 0.3) is 0 Å². The minimum atomic E-state index is -1.29. The Kier molecular flexibility index (Phi) is 3.39. The summed E-state index contributed by atoms with van der Waals surface area (Å²) < 4.78 is 5.64. The number of carboxylic acid groups (broad SMARTS) is 1. The van der Waals surface area contributed by atoms with Crippen LogP contribution in [-0.2, 0) is 11.4 Å². The highest BCUT2D eigenvalue weighted by Gasteiger charge is 2.29. The second-order valence-corrected chi connectivity index (χ2v) is 5.13. The lowest BCUT2D eigenvalue weighted by atomic mass is 9.94. The molecule has 0 amide bonds. The van der Waals surface area contributed by atoms with E-state index in [-0.39, 0.29) is 23.5 Å². The summed E-state index contributed by atoms with van der Waals surface area (Å²) in [6.07, 6.45) is 0. The molecule has 106 valence electrons. The summed E-state index contributed by atoms with van der Waals surface area (Å²) in [6, 6.07) is 11.9. The van der Waals surface area contributed by atoms with Crippen LogP contribution >= 0.6 is 11.6 Å². The summed E-state index contributed by atoms with van der Waals surface area (Å²) >= 11 is 5.92. The van der Waals surface area contributed by atoms with Crippen LogP contribution in [0, 0.1) is 0 Å². The maximum atomic E-state index is 12.7. The minimum Gasteiger partial charge on any atom is -0.488 e. The number of rotatable bonds is 2. The van der Waals surface area contributed by atoms with Crippen LogP contribution in [0.15, 0.2) is 42.5 Å². The van der Waals surface area contributed by atoms with E-state index in [4.69, 9.17) is 21.4 Å². The molecule has 2 aromatic rings. The molecule has 1 unspecified atom stereocenters. The van der Waals surface area contributed by atoms with Crippen LogP contribution in [0.1, 0.15) is 32.4 Å². The second-order valence-electron chi connectivity index (χ2n) is 4.70. The van der Waals surface area contributed by atoms with Gasteiger partial charge in [0.15, 0.2) is 11.2 Å². The Bertz CT molecular complexity index is 739. The van der Waals surface area contributed by atoms with E-state index in [0.29, 0.717) is 11.3 Å². The van der Waals surface area contributed by atoms with E-state index in [1.54, 1.807) is 30.3 Å². The monoisotopic (exact) mass is 302 g/mol. The largest absolute Gasteiger partial charge is 0.488 e. The highest BCUT2D eigenvalue weighted by atomic mass is 35.5. The fourth-order valence-corrected chi connectivity index (χ4v) is 2.60. The molecule has 3 rings (SSSR count). The molecular weight excluding hydrogens is 292 g/mol. The van der Waals surface area contributed by atoms with Gasteiger partial charge in [0.05, 0.1) is 5.56 Å². The Morgan fingerprint density at radius 2 is 1.95 bits per heavy atom. The lowest BCUT2D eigenvalue weighted by molar-refractivity contribution is -0.136. The van der Waals surface area contributed by atoms with Gasteiger partial charge < -0.3 is 9.84 Å². The molecule has 0 fully saturated rings. The Morgan fingerprint density at radius 1 is 1.19 bits per heavy atom. The molecule has 0 aliphatic carbocycles. The topological polar surface area (TPSA) is 63.6 Å². The molecule has 0 saturated heterocycles. The van der Waals surface area contributed by atoms with E-state index in [1.165, 1.54) is 0 Å². The Morgan fingerprint density at radius 3 is 2.71 bits per heavy atom. The quantitative estimate of drug-likeness (QED) is 0.865. The van der Waals surface area contributed by atoms with E-state index >= 15 is 0 Å². The molecule has 0 aromatic heterocycles. The van der Waals surface area contributed by atoms with Crippen molar-refractivity contribution in [2.45, 2.75) is 12.0 Å². The number of fused-ring (bicyclic) bond motifs is 2. The SMILES string of the molecule is O=C1c2ccccc2COc2cccc(C(Cl)C(=O)O)c21. The van der Waals surface area contributed by atoms with Crippen LogP contribution in [0.2, 0.25) is 0 Å². The normalized spacial score (nSPS) is 14.4. The van der Waals surface area contributed by atoms with Crippen molar-refractivity contribution in [1.82, 2.24) is 0 Å². The number of alkyl halides is 1. The number of carbonyl (C=O) groups excluding carboxylic acids is 1. The highest BCUT2D eigenvalue weighted by molar-refractivity contribution is 6.30. The third-order valence-electron chi connectivity index (χ3n) is 3.42. The number of halogens is 1. The Labute approximate surface area is 125 Å². The predicted molar refractivity (Wildman–Crippen MR) is 76.9 cm³/mol. The molecule has 0 saturated carbocycles. The highest BCUT2D eigenvalue weighted by Crippen LogP contribution is 2.35. The summed E-state index contributed by atoms with van der Waals surface area (Å²) in [5, 5.41) is 7.81. The van der Waals surface area contributed by atoms with Crippen LogP contribution in [0.5, 0.6) is 5.75 Å². The fourth-order valence-electron chi connectivity index (χ4n) is 2.41. The first kappa shape index (κ1) is 13.6. The lowest BCUT2D eigenvalue weighted by Gasteiger charge is -2.13. The molecule has 1 aliphatic heterocycles. The summed E-state index contributed by atoms with van der Waals surface area (Å²) in [6.45, 7) is 0.262. The molecule has 1 N–H and O–H groups in total. The van der Waals surface area contributed by atoms with Crippen molar-refractivity contribution in [3.8, 4) is 5.75 Å². The van der Waals surface area contributed by atoms with Crippen LogP contribution in [0.3, 0.4) is 0 Å². The van der Waals surface area contributed by atoms with Gasteiger partial charge in [0.1, 0.15) is 12.4 Å². The standard InChI is InChI=1S/C16H11ClO4/c17-14(16(19)20)11-6-3-7-12-13(11)15(18)10-5-2-1-4-9(10)8-21-12/h1-7,14H,8H2,(H,19,20). The van der Waals surface area contributed by atoms with Crippen molar-refractivity contribution in [1.29, 1.82) is 0 Å². The van der Waals surface area contributed by atoms with E-state index in [2.05, 4.69) is 0 Å². The van der Waals surface area contributed by atoms with Crippen molar-refractivity contribution in [3.63, 3.8) is 0 Å². The van der Waals surface area contributed by atoms with Crippen LogP contribution < -0.4 is 4.74 Å². The molecule has 2 aromatic carbocycles. The van der Waals surface area contributed by atoms with Gasteiger partial charge >= 0.3 is 5.97 Å². The second kappa shape index (κ2) is 5.22. The van der Waals surface area contributed by atoms with Gasteiger partial charge in [0, 0.05) is 11.1 Å². The van der Waals surface area contributed by atoms with Gasteiger partial charge in [-0.15, -0.1) is 11.6 Å². The number of carboxylic acids is 1. The fraction of sp³-hybridized carbons (Fsp3) is 0.125. The van der Waals surface area contributed by atoms with Gasteiger partial charge in [-0.2, -0.15) is 0 Å². The molecule has 4 nitrogen and oxygen atoms in total. The minimum absolute atomic E-state index is 0.227. The molecular formula is C16H11ClO4. The van der Waals surface area contributed by atoms with Crippen molar-refractivity contribution in [2.75, 3.05) is 0 Å². The third-order valence-corrected chi connectivity index (χ3v) is 3.84. The first-order valence-corrected chi connectivity index (χ1v) is 6.78. The lowest BCUT2D eigenvalue weighted by Crippen LogP contribution is -2.12. The first-order valence-electron chi connectivity index (χ1n) is 6.35. The zero-order chi connectivity index (χ0) is 15.0. The van der Waals surface area contributed by atoms with Crippen LogP contribution in [0.25, 0.3) is 0 Å². The van der Waals surface area contributed by atoms with E-state index in [9.17, 15) is 9.59 Å². The van der Waals surface area contributed by atoms with Gasteiger partial charge in [-0.25, -0.2) is 0 Å². The third kappa shape index (κ3) is 2.28. The van der Waals surface area contributed by atoms with E-state index in [1.807, 2.05) is 12.1 Å². The van der Waals surface area contributed by atoms with Gasteiger partial charge in [-0.1, -0.05) is 36.4 Å². The maximum Gasteiger partial charge on any atom is 0.326 e. The smallest absolute Gasteiger partial charge is 0.326 e. The summed E-state index contributed by atoms with van der Waals surface area (Å²) in [5.41, 5.74) is 1.76. The molecule has 1 heterocycles. The number of carbonyl (C=O) groups is 2. The average molecular weight is 303 g/mol. The summed E-state index contributed by atoms with van der Waals surface area (Å²) in [5.74, 6) is -1.10. The zero-order valence-electron chi connectivity index (χ0n) is 10.9. The number of benzene rings is 2. The Hall–Kier alpha value is -2.33. The molecule has 5 heteroatoms. The van der Waals surface area contributed by atoms with Gasteiger partial charge in [0.2, 0.25) is 0 Å². The van der Waals surface area contributed by atoms with Crippen molar-refractivity contribution in [2.24, 2.45) is 0 Å². The average Bonchev–Trinajstić information content (AvgIpc) is 2.64. The van der Waals surface area contributed by atoms with Gasteiger partial charge in [-0.05, 0) is 11.6 Å². The Balaban J connectivity index is 2.21. The number of hydrogen-bond donors (Lipinski definition) is 1.